The van der Waals surface area contributed by atoms with Gasteiger partial charge in [0.25, 0.3) is 0 Å². The lowest BCUT2D eigenvalue weighted by Crippen LogP contribution is -2.51. The van der Waals surface area contributed by atoms with Crippen LogP contribution >= 0.6 is 0 Å². The van der Waals surface area contributed by atoms with Crippen molar-refractivity contribution in [2.75, 3.05) is 0 Å². The molecule has 0 aromatic carbocycles. The molecule has 1 saturated heterocycles. The predicted octanol–water partition coefficient (Wildman–Crippen LogP) is 4.27. The summed E-state index contributed by atoms with van der Waals surface area (Å²) >= 11 is 0. The normalized spacial score (nSPS) is 27.1. The lowest BCUT2D eigenvalue weighted by Gasteiger charge is -2.46. The van der Waals surface area contributed by atoms with Crippen molar-refractivity contribution in [3.8, 4) is 0 Å². The molecule has 1 aliphatic rings. The molecule has 0 saturated carbocycles. The van der Waals surface area contributed by atoms with Crippen molar-refractivity contribution in [2.45, 2.75) is 84.6 Å². The highest BCUT2D eigenvalue weighted by molar-refractivity contribution is 6.74. The predicted molar refractivity (Wildman–Crippen MR) is 91.1 cm³/mol. The van der Waals surface area contributed by atoms with Crippen LogP contribution in [0.3, 0.4) is 0 Å². The minimum atomic E-state index is -1.97. The molecular weight excluding hydrogens is 296 g/mol. The number of ether oxygens (including phenoxy) is 2. The van der Waals surface area contributed by atoms with E-state index in [4.69, 9.17) is 13.9 Å². The summed E-state index contributed by atoms with van der Waals surface area (Å²) in [5.41, 5.74) is 0.867. The molecular formula is C17H32O4Si. The first-order valence-corrected chi connectivity index (χ1v) is 11.0. The van der Waals surface area contributed by atoms with Gasteiger partial charge in [0.2, 0.25) is 0 Å². The molecule has 0 unspecified atom stereocenters. The Hall–Kier alpha value is -0.653. The van der Waals surface area contributed by atoms with Crippen molar-refractivity contribution in [3.05, 3.63) is 12.2 Å². The lowest BCUT2D eigenvalue weighted by molar-refractivity contribution is -0.184. The molecule has 22 heavy (non-hydrogen) atoms. The molecule has 0 radical (unpaired) electrons. The van der Waals surface area contributed by atoms with Gasteiger partial charge in [0.05, 0.1) is 6.10 Å². The van der Waals surface area contributed by atoms with Gasteiger partial charge in [-0.1, -0.05) is 34.3 Å². The van der Waals surface area contributed by atoms with E-state index in [1.165, 1.54) is 6.92 Å². The number of rotatable bonds is 5. The quantitative estimate of drug-likeness (QED) is 0.429. The van der Waals surface area contributed by atoms with Crippen LogP contribution in [0.25, 0.3) is 0 Å². The van der Waals surface area contributed by atoms with E-state index < -0.39 is 8.32 Å². The second kappa shape index (κ2) is 6.85. The maximum atomic E-state index is 11.2. The SMILES string of the molecule is C=C1C[C@H](O[Si](C)(C)C(C)(C)C(C)C)O[C@H](C)[C@H]1OC(C)=O. The first kappa shape index (κ1) is 19.4. The summed E-state index contributed by atoms with van der Waals surface area (Å²) in [6.45, 7) is 20.8. The number of esters is 1. The summed E-state index contributed by atoms with van der Waals surface area (Å²) in [4.78, 5) is 11.2. The maximum absolute atomic E-state index is 11.2. The van der Waals surface area contributed by atoms with Crippen molar-refractivity contribution >= 4 is 14.3 Å². The number of hydrogen-bond donors (Lipinski definition) is 0. The van der Waals surface area contributed by atoms with Gasteiger partial charge in [-0.15, -0.1) is 0 Å². The maximum Gasteiger partial charge on any atom is 0.303 e. The van der Waals surface area contributed by atoms with E-state index in [1.54, 1.807) is 0 Å². The van der Waals surface area contributed by atoms with E-state index >= 15 is 0 Å². The summed E-state index contributed by atoms with van der Waals surface area (Å²) in [5.74, 6) is 0.226. The highest BCUT2D eigenvalue weighted by Crippen LogP contribution is 2.46. The number of hydrogen-bond acceptors (Lipinski definition) is 4. The Morgan fingerprint density at radius 3 is 2.36 bits per heavy atom. The third kappa shape index (κ3) is 4.21. The van der Waals surface area contributed by atoms with Crippen LogP contribution in [0.1, 0.15) is 48.0 Å². The zero-order valence-corrected chi connectivity index (χ0v) is 16.4. The third-order valence-corrected chi connectivity index (χ3v) is 9.87. The van der Waals surface area contributed by atoms with Crippen LogP contribution in [0.4, 0.5) is 0 Å². The summed E-state index contributed by atoms with van der Waals surface area (Å²) in [6.07, 6.45) is -0.330. The van der Waals surface area contributed by atoms with Crippen LogP contribution in [0.5, 0.6) is 0 Å². The summed E-state index contributed by atoms with van der Waals surface area (Å²) in [7, 11) is -1.97. The molecule has 0 aromatic heterocycles. The van der Waals surface area contributed by atoms with Gasteiger partial charge in [-0.2, -0.15) is 0 Å². The Bertz CT molecular complexity index is 428. The minimum absolute atomic E-state index is 0.133. The first-order chi connectivity index (χ1) is 9.88. The first-order valence-electron chi connectivity index (χ1n) is 8.06. The summed E-state index contributed by atoms with van der Waals surface area (Å²) in [5, 5.41) is 0.133. The minimum Gasteiger partial charge on any atom is -0.455 e. The molecule has 128 valence electrons. The molecule has 1 aliphatic heterocycles. The van der Waals surface area contributed by atoms with Gasteiger partial charge in [0.15, 0.2) is 14.6 Å². The third-order valence-electron chi connectivity index (χ3n) is 5.34. The fraction of sp³-hybridized carbons (Fsp3) is 0.824. The molecule has 0 amide bonds. The number of carbonyl (C=O) groups excluding carboxylic acids is 1. The van der Waals surface area contributed by atoms with E-state index in [0.717, 1.165) is 5.57 Å². The Kier molecular flexibility index (Phi) is 6.04. The highest BCUT2D eigenvalue weighted by atomic mass is 28.4. The Morgan fingerprint density at radius 1 is 1.41 bits per heavy atom. The van der Waals surface area contributed by atoms with E-state index in [9.17, 15) is 4.79 Å². The van der Waals surface area contributed by atoms with Crippen molar-refractivity contribution < 1.29 is 18.7 Å². The van der Waals surface area contributed by atoms with E-state index in [2.05, 4.69) is 47.4 Å². The topological polar surface area (TPSA) is 44.8 Å². The van der Waals surface area contributed by atoms with Gasteiger partial charge in [-0.3, -0.25) is 4.79 Å². The Morgan fingerprint density at radius 2 is 1.95 bits per heavy atom. The fourth-order valence-electron chi connectivity index (χ4n) is 2.62. The van der Waals surface area contributed by atoms with Crippen LogP contribution in [0.2, 0.25) is 18.1 Å². The molecule has 0 aromatic rings. The molecule has 0 spiro atoms. The van der Waals surface area contributed by atoms with Crippen LogP contribution in [-0.2, 0) is 18.7 Å². The van der Waals surface area contributed by atoms with Crippen LogP contribution < -0.4 is 0 Å². The van der Waals surface area contributed by atoms with Gasteiger partial charge < -0.3 is 13.9 Å². The highest BCUT2D eigenvalue weighted by Gasteiger charge is 2.46. The molecule has 0 bridgehead atoms. The van der Waals surface area contributed by atoms with Crippen LogP contribution in [0.15, 0.2) is 12.2 Å². The second-order valence-electron chi connectivity index (χ2n) is 7.67. The Labute approximate surface area is 136 Å². The zero-order chi connectivity index (χ0) is 17.3. The van der Waals surface area contributed by atoms with E-state index in [1.807, 2.05) is 6.92 Å². The Balaban J connectivity index is 2.78. The summed E-state index contributed by atoms with van der Waals surface area (Å²) < 4.78 is 17.7. The molecule has 1 heterocycles. The van der Waals surface area contributed by atoms with Crippen LogP contribution in [0, 0.1) is 5.92 Å². The molecule has 5 heteroatoms. The van der Waals surface area contributed by atoms with Gasteiger partial charge in [0.1, 0.15) is 6.10 Å². The van der Waals surface area contributed by atoms with Crippen molar-refractivity contribution in [3.63, 3.8) is 0 Å². The molecule has 3 atom stereocenters. The molecule has 0 N–H and O–H groups in total. The van der Waals surface area contributed by atoms with Crippen molar-refractivity contribution in [2.24, 2.45) is 5.92 Å². The molecule has 1 fully saturated rings. The second-order valence-corrected chi connectivity index (χ2v) is 12.2. The lowest BCUT2D eigenvalue weighted by atomic mass is 9.99. The van der Waals surface area contributed by atoms with E-state index in [-0.39, 0.29) is 29.5 Å². The number of carbonyl (C=O) groups is 1. The van der Waals surface area contributed by atoms with Gasteiger partial charge in [-0.05, 0) is 36.5 Å². The van der Waals surface area contributed by atoms with E-state index in [0.29, 0.717) is 12.3 Å². The van der Waals surface area contributed by atoms with Gasteiger partial charge in [0, 0.05) is 13.3 Å². The average Bonchev–Trinajstić information content (AvgIpc) is 2.32. The average molecular weight is 329 g/mol. The molecule has 0 aliphatic carbocycles. The largest absolute Gasteiger partial charge is 0.455 e. The van der Waals surface area contributed by atoms with Gasteiger partial charge in [-0.25, -0.2) is 0 Å². The molecule has 4 nitrogen and oxygen atoms in total. The van der Waals surface area contributed by atoms with Crippen molar-refractivity contribution in [1.29, 1.82) is 0 Å². The molecule has 1 rings (SSSR count). The summed E-state index contributed by atoms with van der Waals surface area (Å²) in [6, 6.07) is 0. The smallest absolute Gasteiger partial charge is 0.303 e. The van der Waals surface area contributed by atoms with Crippen molar-refractivity contribution in [1.82, 2.24) is 0 Å². The standard InChI is InChI=1S/C17H32O4Si/c1-11(2)17(6,7)22(8,9)21-15-10-12(3)16(13(4)19-15)20-14(5)18/h11,13,15-16H,3,10H2,1-2,4-9H3/t13-,15+,16+/m1/s1. The van der Waals surface area contributed by atoms with Gasteiger partial charge >= 0.3 is 5.97 Å². The zero-order valence-electron chi connectivity index (χ0n) is 15.4. The fourth-order valence-corrected chi connectivity index (χ4v) is 5.11. The van der Waals surface area contributed by atoms with Crippen LogP contribution in [-0.4, -0.2) is 32.8 Å². The monoisotopic (exact) mass is 328 g/mol.